The summed E-state index contributed by atoms with van der Waals surface area (Å²) in [6.07, 6.45) is 2.43. The lowest BCUT2D eigenvalue weighted by atomic mass is 9.78. The highest BCUT2D eigenvalue weighted by Crippen LogP contribution is 2.37. The van der Waals surface area contributed by atoms with Gasteiger partial charge in [0.1, 0.15) is 11.3 Å². The van der Waals surface area contributed by atoms with Crippen molar-refractivity contribution in [3.63, 3.8) is 0 Å². The van der Waals surface area contributed by atoms with Crippen molar-refractivity contribution >= 4 is 5.97 Å². The van der Waals surface area contributed by atoms with E-state index < -0.39 is 11.5 Å². The minimum atomic E-state index is -0.759. The molecule has 5 nitrogen and oxygen atoms in total. The van der Waals surface area contributed by atoms with Gasteiger partial charge in [-0.25, -0.2) is 0 Å². The summed E-state index contributed by atoms with van der Waals surface area (Å²) in [4.78, 5) is 16.7. The Morgan fingerprint density at radius 3 is 1.87 bits per heavy atom. The van der Waals surface area contributed by atoms with E-state index in [9.17, 15) is 4.79 Å². The monoisotopic (exact) mass is 419 g/mol. The van der Waals surface area contributed by atoms with Crippen molar-refractivity contribution in [2.24, 2.45) is 0 Å². The molecule has 0 saturated heterocycles. The number of hydrogen-bond acceptors (Lipinski definition) is 4. The number of rotatable bonds is 12. The third-order valence-electron chi connectivity index (χ3n) is 5.30. The minimum absolute atomic E-state index is 0.192. The summed E-state index contributed by atoms with van der Waals surface area (Å²) < 4.78 is 5.35. The summed E-state index contributed by atoms with van der Waals surface area (Å²) in [6.45, 7) is 0.483. The minimum Gasteiger partial charge on any atom is -0.497 e. The lowest BCUT2D eigenvalue weighted by Gasteiger charge is -2.36. The zero-order valence-electron chi connectivity index (χ0n) is 17.8. The quantitative estimate of drug-likeness (QED) is 0.241. The van der Waals surface area contributed by atoms with E-state index in [0.29, 0.717) is 13.0 Å². The van der Waals surface area contributed by atoms with Gasteiger partial charge in [0.05, 0.1) is 13.7 Å². The molecule has 0 aliphatic carbocycles. The molecule has 5 heteroatoms. The summed E-state index contributed by atoms with van der Waals surface area (Å²) >= 11 is 0. The van der Waals surface area contributed by atoms with E-state index in [4.69, 9.17) is 14.7 Å². The van der Waals surface area contributed by atoms with Gasteiger partial charge in [0, 0.05) is 6.42 Å². The molecule has 0 spiro atoms. The second kappa shape index (κ2) is 11.3. The van der Waals surface area contributed by atoms with Gasteiger partial charge in [-0.05, 0) is 41.7 Å². The molecule has 0 radical (unpaired) electrons. The Labute approximate surface area is 183 Å². The normalized spacial score (nSPS) is 11.3. The van der Waals surface area contributed by atoms with Gasteiger partial charge in [-0.2, -0.15) is 5.48 Å². The van der Waals surface area contributed by atoms with E-state index in [-0.39, 0.29) is 6.42 Å². The number of ether oxygens (including phenoxy) is 1. The second-order valence-electron chi connectivity index (χ2n) is 7.37. The Morgan fingerprint density at radius 2 is 1.35 bits per heavy atom. The van der Waals surface area contributed by atoms with E-state index in [1.54, 1.807) is 7.11 Å². The number of hydrogen-bond donors (Lipinski definition) is 2. The predicted molar refractivity (Wildman–Crippen MR) is 121 cm³/mol. The first kappa shape index (κ1) is 22.5. The molecule has 0 saturated carbocycles. The molecule has 2 N–H and O–H groups in total. The molecule has 0 fully saturated rings. The van der Waals surface area contributed by atoms with Gasteiger partial charge in [0.25, 0.3) is 0 Å². The predicted octanol–water partition coefficient (Wildman–Crippen LogP) is 5.15. The van der Waals surface area contributed by atoms with Crippen molar-refractivity contribution in [2.75, 3.05) is 13.7 Å². The Balaban J connectivity index is 1.90. The molecule has 0 unspecified atom stereocenters. The van der Waals surface area contributed by atoms with Crippen LogP contribution in [-0.4, -0.2) is 24.8 Å². The number of methoxy groups -OCH3 is 1. The zero-order valence-corrected chi connectivity index (χ0v) is 17.8. The maximum absolute atomic E-state index is 10.7. The largest absolute Gasteiger partial charge is 0.497 e. The van der Waals surface area contributed by atoms with Crippen molar-refractivity contribution in [1.82, 2.24) is 5.48 Å². The van der Waals surface area contributed by atoms with Crippen molar-refractivity contribution in [2.45, 2.75) is 31.2 Å². The zero-order chi connectivity index (χ0) is 21.9. The molecule has 0 heterocycles. The third kappa shape index (κ3) is 5.72. The lowest BCUT2D eigenvalue weighted by Crippen LogP contribution is -2.44. The molecule has 3 rings (SSSR count). The Morgan fingerprint density at radius 1 is 0.806 bits per heavy atom. The molecular formula is C26H29NO4. The molecule has 0 aliphatic heterocycles. The number of carboxylic acids is 1. The SMILES string of the molecule is COc1ccc(C(NOCCCCCC(=O)O)(c2ccccc2)c2ccccc2)cc1. The number of carboxylic acid groups (broad SMARTS) is 1. The average molecular weight is 420 g/mol. The van der Waals surface area contributed by atoms with Crippen LogP contribution < -0.4 is 10.2 Å². The summed E-state index contributed by atoms with van der Waals surface area (Å²) in [5, 5.41) is 8.79. The topological polar surface area (TPSA) is 67.8 Å². The fraction of sp³-hybridized carbons (Fsp3) is 0.269. The molecule has 0 atom stereocenters. The maximum Gasteiger partial charge on any atom is 0.303 e. The van der Waals surface area contributed by atoms with Gasteiger partial charge < -0.3 is 14.7 Å². The summed E-state index contributed by atoms with van der Waals surface area (Å²) in [5.74, 6) is 0.0313. The highest BCUT2D eigenvalue weighted by atomic mass is 16.6. The van der Waals surface area contributed by atoms with Crippen LogP contribution in [0.1, 0.15) is 42.4 Å². The number of aliphatic carboxylic acids is 1. The maximum atomic E-state index is 10.7. The van der Waals surface area contributed by atoms with Crippen LogP contribution in [0.25, 0.3) is 0 Å². The Hall–Kier alpha value is -3.15. The smallest absolute Gasteiger partial charge is 0.303 e. The van der Waals surface area contributed by atoms with E-state index in [1.165, 1.54) is 0 Å². The highest BCUT2D eigenvalue weighted by molar-refractivity contribution is 5.66. The highest BCUT2D eigenvalue weighted by Gasteiger charge is 2.36. The standard InChI is InChI=1S/C26H29NO4/c1-30-24-18-16-23(17-19-24)26(21-11-5-2-6-12-21,22-13-7-3-8-14-22)27-31-20-10-4-9-15-25(28)29/h2-3,5-8,11-14,16-19,27H,4,9-10,15,20H2,1H3,(H,28,29). The first-order chi connectivity index (χ1) is 15.2. The van der Waals surface area contributed by atoms with Gasteiger partial charge in [0.15, 0.2) is 0 Å². The lowest BCUT2D eigenvalue weighted by molar-refractivity contribution is -0.137. The molecule has 3 aromatic carbocycles. The molecule has 0 aromatic heterocycles. The van der Waals surface area contributed by atoms with Crippen molar-refractivity contribution in [3.8, 4) is 5.75 Å². The number of hydroxylamine groups is 1. The third-order valence-corrected chi connectivity index (χ3v) is 5.30. The summed E-state index contributed by atoms with van der Waals surface area (Å²) in [6, 6.07) is 28.4. The number of nitrogens with one attached hydrogen (secondary N) is 1. The molecule has 162 valence electrons. The molecule has 3 aromatic rings. The summed E-state index contributed by atoms with van der Waals surface area (Å²) in [7, 11) is 1.66. The molecule has 0 amide bonds. The Bertz CT molecular complexity index is 887. The molecule has 0 bridgehead atoms. The van der Waals surface area contributed by atoms with Crippen molar-refractivity contribution < 1.29 is 19.5 Å². The van der Waals surface area contributed by atoms with Crippen LogP contribution in [0.2, 0.25) is 0 Å². The van der Waals surface area contributed by atoms with Crippen LogP contribution in [0.5, 0.6) is 5.75 Å². The van der Waals surface area contributed by atoms with E-state index in [0.717, 1.165) is 35.3 Å². The second-order valence-corrected chi connectivity index (χ2v) is 7.37. The fourth-order valence-electron chi connectivity index (χ4n) is 3.68. The Kier molecular flexibility index (Phi) is 8.21. The van der Waals surface area contributed by atoms with Crippen LogP contribution in [0.3, 0.4) is 0 Å². The van der Waals surface area contributed by atoms with Gasteiger partial charge in [-0.1, -0.05) is 79.2 Å². The average Bonchev–Trinajstić information content (AvgIpc) is 2.82. The summed E-state index contributed by atoms with van der Waals surface area (Å²) in [5.41, 5.74) is 5.78. The van der Waals surface area contributed by atoms with Crippen molar-refractivity contribution in [3.05, 3.63) is 102 Å². The van der Waals surface area contributed by atoms with Gasteiger partial charge in [-0.15, -0.1) is 0 Å². The number of benzene rings is 3. The molecule has 0 aliphatic rings. The van der Waals surface area contributed by atoms with E-state index in [1.807, 2.05) is 60.7 Å². The van der Waals surface area contributed by atoms with E-state index in [2.05, 4.69) is 29.7 Å². The first-order valence-corrected chi connectivity index (χ1v) is 10.5. The van der Waals surface area contributed by atoms with Crippen LogP contribution in [-0.2, 0) is 15.2 Å². The number of unbranched alkanes of at least 4 members (excludes halogenated alkanes) is 2. The van der Waals surface area contributed by atoms with Crippen LogP contribution >= 0.6 is 0 Å². The van der Waals surface area contributed by atoms with Gasteiger partial charge in [0.2, 0.25) is 0 Å². The van der Waals surface area contributed by atoms with Gasteiger partial charge >= 0.3 is 5.97 Å². The van der Waals surface area contributed by atoms with Crippen LogP contribution in [0, 0.1) is 0 Å². The van der Waals surface area contributed by atoms with Crippen molar-refractivity contribution in [1.29, 1.82) is 0 Å². The number of carbonyl (C=O) groups is 1. The first-order valence-electron chi connectivity index (χ1n) is 10.5. The fourth-order valence-corrected chi connectivity index (χ4v) is 3.68. The van der Waals surface area contributed by atoms with E-state index >= 15 is 0 Å². The molecular weight excluding hydrogens is 390 g/mol. The van der Waals surface area contributed by atoms with Crippen LogP contribution in [0.4, 0.5) is 0 Å². The van der Waals surface area contributed by atoms with Crippen LogP contribution in [0.15, 0.2) is 84.9 Å². The van der Waals surface area contributed by atoms with Gasteiger partial charge in [-0.3, -0.25) is 4.79 Å². The molecule has 31 heavy (non-hydrogen) atoms.